The zero-order valence-corrected chi connectivity index (χ0v) is 25.1. The van der Waals surface area contributed by atoms with Crippen molar-refractivity contribution in [1.82, 2.24) is 0 Å². The van der Waals surface area contributed by atoms with Crippen molar-refractivity contribution in [3.63, 3.8) is 0 Å². The maximum atomic E-state index is 13.8. The maximum Gasteiger partial charge on any atom is 0.181 e. The number of fused-ring (bicyclic) bond motifs is 5. The Morgan fingerprint density at radius 1 is 1.03 bits per heavy atom. The Bertz CT molecular complexity index is 1230. The second-order valence-corrected chi connectivity index (χ2v) is 16.5. The third-order valence-electron chi connectivity index (χ3n) is 11.3. The highest BCUT2D eigenvalue weighted by Gasteiger charge is 2.59. The van der Waals surface area contributed by atoms with Crippen molar-refractivity contribution in [3.8, 4) is 0 Å². The molecule has 3 N–H and O–H groups in total. The van der Waals surface area contributed by atoms with Gasteiger partial charge in [0.25, 0.3) is 0 Å². The van der Waals surface area contributed by atoms with Crippen LogP contribution < -0.4 is 0 Å². The van der Waals surface area contributed by atoms with Crippen molar-refractivity contribution in [2.24, 2.45) is 34.5 Å². The van der Waals surface area contributed by atoms with E-state index in [2.05, 4.69) is 32.9 Å². The summed E-state index contributed by atoms with van der Waals surface area (Å²) in [5, 5.41) is 31.5. The van der Waals surface area contributed by atoms with E-state index in [0.717, 1.165) is 25.7 Å². The zero-order valence-electron chi connectivity index (χ0n) is 24.3. The van der Waals surface area contributed by atoms with E-state index in [0.29, 0.717) is 41.9 Å². The topological polar surface area (TPSA) is 94.8 Å². The molecule has 0 aliphatic heterocycles. The van der Waals surface area contributed by atoms with Crippen LogP contribution in [0.2, 0.25) is 0 Å². The summed E-state index contributed by atoms with van der Waals surface area (Å²) >= 11 is 0. The van der Waals surface area contributed by atoms with E-state index < -0.39 is 32.9 Å². The zero-order chi connectivity index (χ0) is 28.4. The molecule has 0 aromatic heterocycles. The molecule has 0 heterocycles. The number of hydrogen-bond donors (Lipinski definition) is 3. The van der Waals surface area contributed by atoms with Crippen molar-refractivity contribution in [2.45, 2.75) is 114 Å². The largest absolute Gasteiger partial charge is 0.393 e. The summed E-state index contributed by atoms with van der Waals surface area (Å²) < 4.78 is 27.5. The molecule has 9 atom stereocenters. The molecule has 216 valence electrons. The summed E-state index contributed by atoms with van der Waals surface area (Å²) in [6.07, 6.45) is 9.56. The summed E-state index contributed by atoms with van der Waals surface area (Å²) in [5.41, 5.74) is 1.35. The van der Waals surface area contributed by atoms with E-state index in [1.54, 1.807) is 38.1 Å². The van der Waals surface area contributed by atoms with Crippen LogP contribution in [0.25, 0.3) is 0 Å². The Kier molecular flexibility index (Phi) is 7.53. The molecule has 5 nitrogen and oxygen atoms in total. The Hall–Kier alpha value is -1.47. The standard InChI is InChI=1S/C33H48O5S/c1-21(17-25(20-31(2,3)36)39(37,38)24-9-7-6-8-10-24)27-13-14-28-26-12-11-22-18-23(34)19-30(35)33(22,5)29(26)15-16-32(27,28)4/h6-12,21,23,25,27-30,34-36H,13-20H2,1-5H3/t21-,23-,25?,27-,28+,29+,30+,32-,33+/m1/s1. The summed E-state index contributed by atoms with van der Waals surface area (Å²) in [5.74, 6) is 1.32. The molecule has 0 spiro atoms. The lowest BCUT2D eigenvalue weighted by molar-refractivity contribution is -0.0545. The average Bonchev–Trinajstić information content (AvgIpc) is 3.21. The van der Waals surface area contributed by atoms with E-state index in [9.17, 15) is 23.7 Å². The Labute approximate surface area is 235 Å². The van der Waals surface area contributed by atoms with Crippen LogP contribution in [-0.4, -0.2) is 46.8 Å². The molecule has 4 aliphatic rings. The molecular formula is C33H48O5S. The average molecular weight is 557 g/mol. The van der Waals surface area contributed by atoms with Gasteiger partial charge in [0, 0.05) is 11.8 Å². The highest BCUT2D eigenvalue weighted by molar-refractivity contribution is 7.92. The van der Waals surface area contributed by atoms with Crippen LogP contribution in [0.3, 0.4) is 0 Å². The molecule has 1 aromatic rings. The SMILES string of the molecule is C[C@H](CC(CC(C)(C)O)S(=O)(=O)c1ccccc1)[C@H]1CC[C@H]2C3=CC=C4C[C@@H](O)C[C@H](O)[C@]4(C)[C@H]3CC[C@]12C. The highest BCUT2D eigenvalue weighted by Crippen LogP contribution is 2.66. The van der Waals surface area contributed by atoms with Crippen LogP contribution in [0, 0.1) is 34.5 Å². The van der Waals surface area contributed by atoms with Gasteiger partial charge in [0.1, 0.15) is 0 Å². The molecule has 0 bridgehead atoms. The van der Waals surface area contributed by atoms with Crippen molar-refractivity contribution >= 4 is 9.84 Å². The predicted molar refractivity (Wildman–Crippen MR) is 155 cm³/mol. The number of aliphatic hydroxyl groups excluding tert-OH is 2. The van der Waals surface area contributed by atoms with E-state index in [1.807, 2.05) is 6.07 Å². The number of benzene rings is 1. The quantitative estimate of drug-likeness (QED) is 0.392. The molecule has 6 heteroatoms. The lowest BCUT2D eigenvalue weighted by Crippen LogP contribution is -2.52. The lowest BCUT2D eigenvalue weighted by atomic mass is 9.49. The van der Waals surface area contributed by atoms with Gasteiger partial charge in [-0.1, -0.05) is 62.3 Å². The summed E-state index contributed by atoms with van der Waals surface area (Å²) in [4.78, 5) is 0.335. The number of rotatable bonds is 7. The third kappa shape index (κ3) is 4.98. The Morgan fingerprint density at radius 3 is 2.38 bits per heavy atom. The van der Waals surface area contributed by atoms with Crippen LogP contribution in [-0.2, 0) is 9.84 Å². The molecule has 5 rings (SSSR count). The van der Waals surface area contributed by atoms with Crippen LogP contribution >= 0.6 is 0 Å². The second kappa shape index (κ2) is 10.1. The van der Waals surface area contributed by atoms with E-state index in [-0.39, 0.29) is 23.2 Å². The van der Waals surface area contributed by atoms with E-state index >= 15 is 0 Å². The number of hydrogen-bond acceptors (Lipinski definition) is 5. The maximum absolute atomic E-state index is 13.8. The van der Waals surface area contributed by atoms with Crippen molar-refractivity contribution in [2.75, 3.05) is 0 Å². The van der Waals surface area contributed by atoms with Gasteiger partial charge in [-0.05, 0) is 100 Å². The van der Waals surface area contributed by atoms with Gasteiger partial charge < -0.3 is 15.3 Å². The van der Waals surface area contributed by atoms with Crippen molar-refractivity contribution < 1.29 is 23.7 Å². The van der Waals surface area contributed by atoms with Gasteiger partial charge in [0.15, 0.2) is 9.84 Å². The van der Waals surface area contributed by atoms with Gasteiger partial charge in [-0.3, -0.25) is 0 Å². The molecule has 3 saturated carbocycles. The van der Waals surface area contributed by atoms with E-state index in [4.69, 9.17) is 0 Å². The highest BCUT2D eigenvalue weighted by atomic mass is 32.2. The fourth-order valence-corrected chi connectivity index (χ4v) is 11.4. The first-order valence-electron chi connectivity index (χ1n) is 15.0. The van der Waals surface area contributed by atoms with Gasteiger partial charge in [0.05, 0.1) is 28.0 Å². The smallest absolute Gasteiger partial charge is 0.181 e. The molecular weight excluding hydrogens is 508 g/mol. The minimum atomic E-state index is -3.59. The van der Waals surface area contributed by atoms with Gasteiger partial charge >= 0.3 is 0 Å². The molecule has 1 aromatic carbocycles. The fraction of sp³-hybridized carbons (Fsp3) is 0.697. The number of sulfone groups is 1. The molecule has 3 fully saturated rings. The molecule has 1 unspecified atom stereocenters. The summed E-state index contributed by atoms with van der Waals surface area (Å²) in [6, 6.07) is 8.70. The van der Waals surface area contributed by atoms with E-state index in [1.165, 1.54) is 11.1 Å². The fourth-order valence-electron chi connectivity index (χ4n) is 9.28. The lowest BCUT2D eigenvalue weighted by Gasteiger charge is -2.56. The molecule has 0 saturated heterocycles. The molecule has 0 radical (unpaired) electrons. The minimum Gasteiger partial charge on any atom is -0.393 e. The van der Waals surface area contributed by atoms with Crippen LogP contribution in [0.4, 0.5) is 0 Å². The summed E-state index contributed by atoms with van der Waals surface area (Å²) in [6.45, 7) is 10.3. The van der Waals surface area contributed by atoms with Crippen molar-refractivity contribution in [1.29, 1.82) is 0 Å². The Morgan fingerprint density at radius 2 is 1.72 bits per heavy atom. The van der Waals surface area contributed by atoms with Crippen LogP contribution in [0.15, 0.2) is 58.5 Å². The first-order valence-corrected chi connectivity index (χ1v) is 16.5. The predicted octanol–water partition coefficient (Wildman–Crippen LogP) is 5.85. The van der Waals surface area contributed by atoms with Gasteiger partial charge in [-0.25, -0.2) is 8.42 Å². The first kappa shape index (κ1) is 29.0. The number of aliphatic hydroxyl groups is 3. The summed E-state index contributed by atoms with van der Waals surface area (Å²) in [7, 11) is -3.59. The van der Waals surface area contributed by atoms with Crippen LogP contribution in [0.1, 0.15) is 86.0 Å². The molecule has 39 heavy (non-hydrogen) atoms. The van der Waals surface area contributed by atoms with Gasteiger partial charge in [0.2, 0.25) is 0 Å². The molecule has 4 aliphatic carbocycles. The second-order valence-electron chi connectivity index (χ2n) is 14.3. The van der Waals surface area contributed by atoms with Crippen LogP contribution in [0.5, 0.6) is 0 Å². The van der Waals surface area contributed by atoms with Gasteiger partial charge in [-0.2, -0.15) is 0 Å². The normalized spacial score (nSPS) is 38.1. The molecule has 0 amide bonds. The number of allylic oxidation sites excluding steroid dienone is 3. The third-order valence-corrected chi connectivity index (χ3v) is 13.4. The minimum absolute atomic E-state index is 0.0817. The first-order chi connectivity index (χ1) is 18.2. The van der Waals surface area contributed by atoms with Gasteiger partial charge in [-0.15, -0.1) is 0 Å². The monoisotopic (exact) mass is 556 g/mol. The Balaban J connectivity index is 1.41. The van der Waals surface area contributed by atoms with Crippen molar-refractivity contribution in [3.05, 3.63) is 53.6 Å².